The molecule has 17 heavy (non-hydrogen) atoms. The number of benzene rings is 1. The largest absolute Gasteiger partial charge is 0.573 e. The van der Waals surface area contributed by atoms with Crippen molar-refractivity contribution in [2.45, 2.75) is 6.36 Å². The van der Waals surface area contributed by atoms with Gasteiger partial charge in [0, 0.05) is 10.0 Å². The van der Waals surface area contributed by atoms with E-state index in [-0.39, 0.29) is 11.6 Å². The van der Waals surface area contributed by atoms with Crippen molar-refractivity contribution < 1.29 is 22.4 Å². The minimum Gasteiger partial charge on any atom is -0.406 e. The van der Waals surface area contributed by atoms with Crippen molar-refractivity contribution in [1.82, 2.24) is 10.1 Å². The monoisotopic (exact) mass is 308 g/mol. The number of ether oxygens (including phenoxy) is 1. The maximum absolute atomic E-state index is 12.0. The number of hydrogen-bond donors (Lipinski definition) is 0. The lowest BCUT2D eigenvalue weighted by Crippen LogP contribution is -2.17. The molecule has 0 saturated carbocycles. The first-order chi connectivity index (χ1) is 7.96. The topological polar surface area (TPSA) is 48.2 Å². The van der Waals surface area contributed by atoms with Crippen LogP contribution in [0.25, 0.3) is 11.4 Å². The molecule has 0 radical (unpaired) electrons. The highest BCUT2D eigenvalue weighted by Crippen LogP contribution is 2.31. The number of alkyl halides is 3. The number of rotatable bonds is 2. The Labute approximate surface area is 102 Å². The van der Waals surface area contributed by atoms with Gasteiger partial charge in [0.05, 0.1) is 0 Å². The zero-order valence-electron chi connectivity index (χ0n) is 8.03. The third kappa shape index (κ3) is 2.96. The second kappa shape index (κ2) is 4.36. The van der Waals surface area contributed by atoms with E-state index in [2.05, 4.69) is 35.3 Å². The van der Waals surface area contributed by atoms with E-state index in [0.29, 0.717) is 10.0 Å². The second-order valence-electron chi connectivity index (χ2n) is 2.94. The molecular formula is C9H4BrF3N2O2. The first-order valence-electron chi connectivity index (χ1n) is 4.28. The zero-order chi connectivity index (χ0) is 12.5. The zero-order valence-corrected chi connectivity index (χ0v) is 9.62. The highest BCUT2D eigenvalue weighted by molar-refractivity contribution is 9.10. The standard InChI is InChI=1S/C9H4BrF3N2O2/c10-7-3-5(17-9(11,12)13)1-2-6(7)8-14-4-16-15-8/h1-4H. The van der Waals surface area contributed by atoms with Gasteiger partial charge >= 0.3 is 6.36 Å². The molecule has 1 heterocycles. The molecule has 0 atom stereocenters. The smallest absolute Gasteiger partial charge is 0.406 e. The van der Waals surface area contributed by atoms with Crippen LogP contribution in [0.3, 0.4) is 0 Å². The number of nitrogens with zero attached hydrogens (tertiary/aromatic N) is 2. The Bertz CT molecular complexity index is 513. The van der Waals surface area contributed by atoms with Gasteiger partial charge in [0.15, 0.2) is 0 Å². The van der Waals surface area contributed by atoms with Crippen LogP contribution in [-0.4, -0.2) is 16.5 Å². The van der Waals surface area contributed by atoms with Gasteiger partial charge in [0.1, 0.15) is 5.75 Å². The molecule has 0 unspecified atom stereocenters. The fourth-order valence-corrected chi connectivity index (χ4v) is 1.70. The van der Waals surface area contributed by atoms with Crippen LogP contribution in [0.4, 0.5) is 13.2 Å². The quantitative estimate of drug-likeness (QED) is 0.853. The van der Waals surface area contributed by atoms with Crippen LogP contribution in [-0.2, 0) is 0 Å². The van der Waals surface area contributed by atoms with Gasteiger partial charge in [-0.3, -0.25) is 0 Å². The highest BCUT2D eigenvalue weighted by atomic mass is 79.9. The molecule has 0 aliphatic carbocycles. The van der Waals surface area contributed by atoms with Crippen LogP contribution in [0.2, 0.25) is 0 Å². The van der Waals surface area contributed by atoms with Crippen molar-refractivity contribution in [3.05, 3.63) is 29.1 Å². The van der Waals surface area contributed by atoms with Crippen LogP contribution in [0, 0.1) is 0 Å². The Kier molecular flexibility index (Phi) is 3.05. The van der Waals surface area contributed by atoms with E-state index in [0.717, 1.165) is 6.39 Å². The summed E-state index contributed by atoms with van der Waals surface area (Å²) < 4.78 is 44.6. The molecule has 0 N–H and O–H groups in total. The third-order valence-corrected chi connectivity index (χ3v) is 2.43. The SMILES string of the molecule is FC(F)(F)Oc1ccc(-c2ncon2)c(Br)c1. The first kappa shape index (κ1) is 11.9. The lowest BCUT2D eigenvalue weighted by molar-refractivity contribution is -0.274. The number of aromatic nitrogens is 2. The molecule has 0 aliphatic rings. The van der Waals surface area contributed by atoms with Crippen molar-refractivity contribution in [3.63, 3.8) is 0 Å². The molecule has 0 amide bonds. The van der Waals surface area contributed by atoms with Gasteiger partial charge in [-0.1, -0.05) is 5.16 Å². The maximum atomic E-state index is 12.0. The fourth-order valence-electron chi connectivity index (χ4n) is 1.16. The minimum atomic E-state index is -4.72. The Morgan fingerprint density at radius 3 is 2.59 bits per heavy atom. The molecular weight excluding hydrogens is 305 g/mol. The summed E-state index contributed by atoms with van der Waals surface area (Å²) in [5, 5.41) is 3.57. The predicted octanol–water partition coefficient (Wildman–Crippen LogP) is 3.40. The van der Waals surface area contributed by atoms with Crippen molar-refractivity contribution >= 4 is 15.9 Å². The van der Waals surface area contributed by atoms with Crippen LogP contribution in [0.15, 0.2) is 33.6 Å². The van der Waals surface area contributed by atoms with Gasteiger partial charge < -0.3 is 9.26 Å². The second-order valence-corrected chi connectivity index (χ2v) is 3.80. The molecule has 1 aromatic heterocycles. The average molecular weight is 309 g/mol. The van der Waals surface area contributed by atoms with E-state index in [9.17, 15) is 13.2 Å². The van der Waals surface area contributed by atoms with Crippen molar-refractivity contribution in [2.24, 2.45) is 0 Å². The Morgan fingerprint density at radius 2 is 2.06 bits per heavy atom. The van der Waals surface area contributed by atoms with Gasteiger partial charge in [0.25, 0.3) is 0 Å². The molecule has 0 bridgehead atoms. The van der Waals surface area contributed by atoms with E-state index in [1.165, 1.54) is 18.2 Å². The summed E-state index contributed by atoms with van der Waals surface area (Å²) in [6.07, 6.45) is -3.59. The predicted molar refractivity (Wildman–Crippen MR) is 54.1 cm³/mol. The summed E-state index contributed by atoms with van der Waals surface area (Å²) in [4.78, 5) is 3.78. The Hall–Kier alpha value is -1.57. The van der Waals surface area contributed by atoms with Gasteiger partial charge in [0.2, 0.25) is 12.2 Å². The Balaban J connectivity index is 2.30. The average Bonchev–Trinajstić information content (AvgIpc) is 2.68. The van der Waals surface area contributed by atoms with Crippen LogP contribution in [0.1, 0.15) is 0 Å². The van der Waals surface area contributed by atoms with E-state index in [1.807, 2.05) is 0 Å². The first-order valence-corrected chi connectivity index (χ1v) is 5.07. The minimum absolute atomic E-state index is 0.274. The fraction of sp³-hybridized carbons (Fsp3) is 0.111. The molecule has 1 aromatic carbocycles. The summed E-state index contributed by atoms with van der Waals surface area (Å²) in [7, 11) is 0. The van der Waals surface area contributed by atoms with Crippen molar-refractivity contribution in [2.75, 3.05) is 0 Å². The van der Waals surface area contributed by atoms with E-state index in [1.54, 1.807) is 0 Å². The molecule has 0 saturated heterocycles. The molecule has 2 rings (SSSR count). The summed E-state index contributed by atoms with van der Waals surface area (Å²) in [6.45, 7) is 0. The number of halogens is 4. The van der Waals surface area contributed by atoms with Gasteiger partial charge in [-0.05, 0) is 34.1 Å². The normalized spacial score (nSPS) is 11.5. The van der Waals surface area contributed by atoms with Crippen LogP contribution < -0.4 is 4.74 Å². The summed E-state index contributed by atoms with van der Waals surface area (Å²) in [6, 6.07) is 3.75. The highest BCUT2D eigenvalue weighted by Gasteiger charge is 2.31. The van der Waals surface area contributed by atoms with E-state index >= 15 is 0 Å². The Morgan fingerprint density at radius 1 is 1.29 bits per heavy atom. The molecule has 0 aliphatic heterocycles. The summed E-state index contributed by atoms with van der Waals surface area (Å²) in [5.41, 5.74) is 0.508. The van der Waals surface area contributed by atoms with Crippen LogP contribution >= 0.6 is 15.9 Å². The van der Waals surface area contributed by atoms with Gasteiger partial charge in [-0.2, -0.15) is 4.98 Å². The van der Waals surface area contributed by atoms with Gasteiger partial charge in [-0.15, -0.1) is 13.2 Å². The maximum Gasteiger partial charge on any atom is 0.573 e. The third-order valence-electron chi connectivity index (χ3n) is 1.78. The molecule has 4 nitrogen and oxygen atoms in total. The lowest BCUT2D eigenvalue weighted by Gasteiger charge is -2.09. The molecule has 8 heteroatoms. The van der Waals surface area contributed by atoms with E-state index in [4.69, 9.17) is 0 Å². The van der Waals surface area contributed by atoms with Crippen LogP contribution in [0.5, 0.6) is 5.75 Å². The van der Waals surface area contributed by atoms with Crippen molar-refractivity contribution in [1.29, 1.82) is 0 Å². The molecule has 0 fully saturated rings. The van der Waals surface area contributed by atoms with Gasteiger partial charge in [-0.25, -0.2) is 0 Å². The molecule has 90 valence electrons. The lowest BCUT2D eigenvalue weighted by atomic mass is 10.2. The number of hydrogen-bond acceptors (Lipinski definition) is 4. The summed E-state index contributed by atoms with van der Waals surface area (Å²) >= 11 is 3.11. The molecule has 0 spiro atoms. The summed E-state index contributed by atoms with van der Waals surface area (Å²) in [5.74, 6) is -0.0490. The molecule has 2 aromatic rings. The van der Waals surface area contributed by atoms with E-state index < -0.39 is 6.36 Å². The van der Waals surface area contributed by atoms with Crippen molar-refractivity contribution in [3.8, 4) is 17.1 Å².